The highest BCUT2D eigenvalue weighted by atomic mass is 16.4. The van der Waals surface area contributed by atoms with Crippen molar-refractivity contribution >= 4 is 40.6 Å². The van der Waals surface area contributed by atoms with E-state index in [-0.39, 0.29) is 12.8 Å². The van der Waals surface area contributed by atoms with Crippen LogP contribution in [0.15, 0.2) is 43.0 Å². The van der Waals surface area contributed by atoms with Crippen molar-refractivity contribution in [1.82, 2.24) is 30.9 Å². The van der Waals surface area contributed by atoms with Crippen molar-refractivity contribution in [2.24, 2.45) is 5.73 Å². The summed E-state index contributed by atoms with van der Waals surface area (Å²) in [5.41, 5.74) is 7.39. The van der Waals surface area contributed by atoms with E-state index in [1.807, 2.05) is 18.2 Å². The molecular formula is C24H29N7O8. The smallest absolute Gasteiger partial charge is 0.326 e. The summed E-state index contributed by atoms with van der Waals surface area (Å²) in [4.78, 5) is 70.7. The Bertz CT molecular complexity index is 1320. The van der Waals surface area contributed by atoms with Gasteiger partial charge in [-0.3, -0.25) is 19.2 Å². The lowest BCUT2D eigenvalue weighted by molar-refractivity contribution is -0.142. The number of H-pyrrole nitrogens is 2. The number of hydrogen-bond acceptors (Lipinski definition) is 8. The molecule has 0 aliphatic carbocycles. The van der Waals surface area contributed by atoms with Gasteiger partial charge in [0.05, 0.1) is 25.4 Å². The molecule has 2 aromatic heterocycles. The van der Waals surface area contributed by atoms with Crippen LogP contribution in [0.5, 0.6) is 0 Å². The molecule has 15 heteroatoms. The number of para-hydroxylation sites is 1. The van der Waals surface area contributed by atoms with Gasteiger partial charge in [-0.2, -0.15) is 0 Å². The van der Waals surface area contributed by atoms with Gasteiger partial charge in [0.25, 0.3) is 0 Å². The lowest BCUT2D eigenvalue weighted by atomic mass is 10.0. The van der Waals surface area contributed by atoms with E-state index < -0.39 is 66.9 Å². The Balaban J connectivity index is 1.74. The summed E-state index contributed by atoms with van der Waals surface area (Å²) >= 11 is 0. The number of hydrogen-bond donors (Lipinski definition) is 9. The predicted octanol–water partition coefficient (Wildman–Crippen LogP) is -1.99. The number of nitrogens with one attached hydrogen (secondary N) is 5. The molecule has 0 saturated heterocycles. The number of aromatic amines is 2. The minimum Gasteiger partial charge on any atom is -0.481 e. The first kappa shape index (κ1) is 28.8. The number of fused-ring (bicyclic) bond motifs is 1. The van der Waals surface area contributed by atoms with Crippen LogP contribution in [0.25, 0.3) is 10.9 Å². The summed E-state index contributed by atoms with van der Waals surface area (Å²) in [7, 11) is 0. The third-order valence-electron chi connectivity index (χ3n) is 5.87. The Morgan fingerprint density at radius 1 is 0.897 bits per heavy atom. The summed E-state index contributed by atoms with van der Waals surface area (Å²) in [6.07, 6.45) is 3.53. The molecule has 4 unspecified atom stereocenters. The fourth-order valence-electron chi connectivity index (χ4n) is 3.84. The van der Waals surface area contributed by atoms with E-state index in [1.165, 1.54) is 12.5 Å². The third kappa shape index (κ3) is 7.86. The largest absolute Gasteiger partial charge is 0.481 e. The SMILES string of the molecule is NC(CC(=O)O)C(=O)NC(CO)C(=O)NC(Cc1cnc[nH]1)C(=O)NC(Cc1c[nH]c2ccccc12)C(=O)O. The summed E-state index contributed by atoms with van der Waals surface area (Å²) in [5.74, 6) is -5.44. The zero-order chi connectivity index (χ0) is 28.5. The van der Waals surface area contributed by atoms with Gasteiger partial charge in [0.1, 0.15) is 18.1 Å². The molecule has 3 aromatic rings. The fraction of sp³-hybridized carbons (Fsp3) is 0.333. The molecule has 0 bridgehead atoms. The van der Waals surface area contributed by atoms with Crippen LogP contribution in [0.4, 0.5) is 0 Å². The van der Waals surface area contributed by atoms with E-state index in [4.69, 9.17) is 10.8 Å². The maximum absolute atomic E-state index is 13.2. The van der Waals surface area contributed by atoms with E-state index in [1.54, 1.807) is 12.3 Å². The minimum atomic E-state index is -1.56. The number of carboxylic acid groups (broad SMARTS) is 2. The molecule has 3 rings (SSSR count). The topological polar surface area (TPSA) is 253 Å². The summed E-state index contributed by atoms with van der Waals surface area (Å²) in [6.45, 7) is -0.881. The first-order valence-electron chi connectivity index (χ1n) is 11.8. The Morgan fingerprint density at radius 2 is 1.56 bits per heavy atom. The number of aliphatic hydroxyl groups excluding tert-OH is 1. The number of amides is 3. The van der Waals surface area contributed by atoms with Crippen LogP contribution in [-0.2, 0) is 36.8 Å². The molecule has 208 valence electrons. The van der Waals surface area contributed by atoms with Gasteiger partial charge in [-0.1, -0.05) is 18.2 Å². The van der Waals surface area contributed by atoms with E-state index in [9.17, 15) is 34.2 Å². The van der Waals surface area contributed by atoms with Gasteiger partial charge >= 0.3 is 11.9 Å². The first-order chi connectivity index (χ1) is 18.6. The van der Waals surface area contributed by atoms with Crippen LogP contribution in [0.3, 0.4) is 0 Å². The number of carbonyl (C=O) groups excluding carboxylic acids is 3. The highest BCUT2D eigenvalue weighted by Gasteiger charge is 2.31. The lowest BCUT2D eigenvalue weighted by Gasteiger charge is -2.24. The van der Waals surface area contributed by atoms with Crippen molar-refractivity contribution in [3.05, 3.63) is 54.2 Å². The van der Waals surface area contributed by atoms with Crippen molar-refractivity contribution in [3.63, 3.8) is 0 Å². The summed E-state index contributed by atoms with van der Waals surface area (Å²) in [5, 5.41) is 36.0. The number of carboxylic acids is 2. The van der Waals surface area contributed by atoms with Gasteiger partial charge < -0.3 is 47.0 Å². The van der Waals surface area contributed by atoms with Gasteiger partial charge in [-0.25, -0.2) is 9.78 Å². The highest BCUT2D eigenvalue weighted by molar-refractivity contribution is 5.95. The predicted molar refractivity (Wildman–Crippen MR) is 135 cm³/mol. The highest BCUT2D eigenvalue weighted by Crippen LogP contribution is 2.19. The molecule has 4 atom stereocenters. The molecule has 2 heterocycles. The number of carbonyl (C=O) groups is 5. The quantitative estimate of drug-likeness (QED) is 0.108. The maximum Gasteiger partial charge on any atom is 0.326 e. The number of aliphatic carboxylic acids is 2. The second-order valence-corrected chi connectivity index (χ2v) is 8.75. The zero-order valence-corrected chi connectivity index (χ0v) is 20.6. The standard InChI is InChI=1S/C24H29N7O8/c25-15(7-20(33)34)21(35)31-19(10-32)23(37)29-17(6-13-9-26-11-28-13)22(36)30-18(24(38)39)5-12-8-27-16-4-2-1-3-14(12)16/h1-4,8-9,11,15,17-19,27,32H,5-7,10,25H2,(H,26,28)(H,29,37)(H,30,36)(H,31,35)(H,33,34)(H,38,39). The lowest BCUT2D eigenvalue weighted by Crippen LogP contribution is -2.58. The van der Waals surface area contributed by atoms with Crippen molar-refractivity contribution in [1.29, 1.82) is 0 Å². The molecule has 0 fully saturated rings. The molecule has 1 aromatic carbocycles. The van der Waals surface area contributed by atoms with E-state index in [0.29, 0.717) is 11.3 Å². The zero-order valence-electron chi connectivity index (χ0n) is 20.6. The van der Waals surface area contributed by atoms with Crippen LogP contribution in [0.1, 0.15) is 17.7 Å². The molecule has 3 amide bonds. The Kier molecular flexibility index (Phi) is 9.72. The summed E-state index contributed by atoms with van der Waals surface area (Å²) in [6, 6.07) is 1.55. The number of benzene rings is 1. The number of nitrogens with zero attached hydrogens (tertiary/aromatic N) is 1. The molecule has 0 spiro atoms. The van der Waals surface area contributed by atoms with Crippen LogP contribution in [0, 0.1) is 0 Å². The Hall–Kier alpha value is -4.76. The normalized spacial score (nSPS) is 14.1. The van der Waals surface area contributed by atoms with Gasteiger partial charge in [-0.05, 0) is 11.6 Å². The second-order valence-electron chi connectivity index (χ2n) is 8.75. The monoisotopic (exact) mass is 543 g/mol. The average Bonchev–Trinajstić information content (AvgIpc) is 3.55. The van der Waals surface area contributed by atoms with Gasteiger partial charge in [0.15, 0.2) is 0 Å². The Labute approximate surface area is 221 Å². The van der Waals surface area contributed by atoms with E-state index in [2.05, 4.69) is 30.9 Å². The van der Waals surface area contributed by atoms with Crippen molar-refractivity contribution in [3.8, 4) is 0 Å². The minimum absolute atomic E-state index is 0.0490. The molecule has 0 saturated carbocycles. The van der Waals surface area contributed by atoms with Gasteiger partial charge in [0.2, 0.25) is 17.7 Å². The molecule has 0 aliphatic heterocycles. The van der Waals surface area contributed by atoms with Gasteiger partial charge in [-0.15, -0.1) is 0 Å². The number of aromatic nitrogens is 3. The molecule has 10 N–H and O–H groups in total. The van der Waals surface area contributed by atoms with Crippen LogP contribution < -0.4 is 21.7 Å². The Morgan fingerprint density at radius 3 is 2.21 bits per heavy atom. The van der Waals surface area contributed by atoms with Crippen molar-refractivity contribution in [2.75, 3.05) is 6.61 Å². The van der Waals surface area contributed by atoms with Crippen LogP contribution >= 0.6 is 0 Å². The van der Waals surface area contributed by atoms with Gasteiger partial charge in [0, 0.05) is 41.8 Å². The fourth-order valence-corrected chi connectivity index (χ4v) is 3.84. The number of aliphatic hydroxyl groups is 1. The van der Waals surface area contributed by atoms with E-state index in [0.717, 1.165) is 10.9 Å². The van der Waals surface area contributed by atoms with Crippen LogP contribution in [0.2, 0.25) is 0 Å². The second kappa shape index (κ2) is 13.2. The third-order valence-corrected chi connectivity index (χ3v) is 5.87. The average molecular weight is 544 g/mol. The molecular weight excluding hydrogens is 514 g/mol. The number of rotatable bonds is 14. The molecule has 39 heavy (non-hydrogen) atoms. The molecule has 15 nitrogen and oxygen atoms in total. The molecule has 0 aliphatic rings. The van der Waals surface area contributed by atoms with E-state index >= 15 is 0 Å². The first-order valence-corrected chi connectivity index (χ1v) is 11.8. The maximum atomic E-state index is 13.2. The number of nitrogens with two attached hydrogens (primary N) is 1. The molecule has 0 radical (unpaired) electrons. The van der Waals surface area contributed by atoms with Crippen molar-refractivity contribution < 1.29 is 39.3 Å². The summed E-state index contributed by atoms with van der Waals surface area (Å²) < 4.78 is 0. The number of imidazole rings is 1. The van der Waals surface area contributed by atoms with Crippen LogP contribution in [-0.4, -0.2) is 90.7 Å². The van der Waals surface area contributed by atoms with Crippen molar-refractivity contribution in [2.45, 2.75) is 43.4 Å².